The maximum absolute atomic E-state index is 11.3. The van der Waals surface area contributed by atoms with E-state index in [-0.39, 0.29) is 6.10 Å². The van der Waals surface area contributed by atoms with Crippen molar-refractivity contribution < 1.29 is 9.90 Å². The monoisotopic (exact) mass is 270 g/mol. The number of aromatic nitrogens is 1. The molecule has 3 rings (SSSR count). The van der Waals surface area contributed by atoms with Gasteiger partial charge in [-0.1, -0.05) is 18.2 Å². The molecule has 1 heterocycles. The van der Waals surface area contributed by atoms with Gasteiger partial charge in [-0.05, 0) is 30.9 Å². The molecular formula is C16H18N2O2. The largest absolute Gasteiger partial charge is 0.393 e. The third kappa shape index (κ3) is 2.39. The van der Waals surface area contributed by atoms with Gasteiger partial charge in [-0.15, -0.1) is 0 Å². The minimum absolute atomic E-state index is 0.150. The van der Waals surface area contributed by atoms with Crippen LogP contribution < -0.4 is 4.90 Å². The number of rotatable bonds is 4. The van der Waals surface area contributed by atoms with E-state index < -0.39 is 0 Å². The SMILES string of the molecule is CN(CC1CC(O)C1)c1nc2ccccc2cc1C=O. The molecule has 0 bridgehead atoms. The summed E-state index contributed by atoms with van der Waals surface area (Å²) in [5.74, 6) is 1.21. The fraction of sp³-hybridized carbons (Fsp3) is 0.375. The second-order valence-corrected chi connectivity index (χ2v) is 5.58. The summed E-state index contributed by atoms with van der Waals surface area (Å²) in [6, 6.07) is 9.69. The molecule has 4 heteroatoms. The number of carbonyl (C=O) groups excluding carboxylic acids is 1. The molecule has 1 saturated carbocycles. The van der Waals surface area contributed by atoms with Crippen molar-refractivity contribution in [1.29, 1.82) is 0 Å². The summed E-state index contributed by atoms with van der Waals surface area (Å²) >= 11 is 0. The number of aliphatic hydroxyl groups is 1. The zero-order valence-corrected chi connectivity index (χ0v) is 11.5. The normalized spacial score (nSPS) is 21.5. The lowest BCUT2D eigenvalue weighted by Crippen LogP contribution is -2.37. The number of hydrogen-bond acceptors (Lipinski definition) is 4. The third-order valence-corrected chi connectivity index (χ3v) is 3.96. The number of benzene rings is 1. The number of para-hydroxylation sites is 1. The van der Waals surface area contributed by atoms with Crippen LogP contribution in [0.1, 0.15) is 23.2 Å². The van der Waals surface area contributed by atoms with Gasteiger partial charge in [-0.3, -0.25) is 4.79 Å². The molecule has 0 spiro atoms. The van der Waals surface area contributed by atoms with Gasteiger partial charge in [0.05, 0.1) is 17.2 Å². The lowest BCUT2D eigenvalue weighted by molar-refractivity contribution is 0.0464. The maximum Gasteiger partial charge on any atom is 0.153 e. The van der Waals surface area contributed by atoms with Gasteiger partial charge >= 0.3 is 0 Å². The number of aliphatic hydroxyl groups excluding tert-OH is 1. The number of anilines is 1. The molecule has 0 atom stereocenters. The van der Waals surface area contributed by atoms with Gasteiger partial charge in [-0.25, -0.2) is 4.98 Å². The molecule has 104 valence electrons. The van der Waals surface area contributed by atoms with Crippen molar-refractivity contribution in [3.05, 3.63) is 35.9 Å². The standard InChI is InChI=1S/C16H18N2O2/c1-18(9-11-6-14(20)7-11)16-13(10-19)8-12-4-2-3-5-15(12)17-16/h2-5,8,10-11,14,20H,6-7,9H2,1H3. The Morgan fingerprint density at radius 3 is 2.85 bits per heavy atom. The highest BCUT2D eigenvalue weighted by atomic mass is 16.3. The summed E-state index contributed by atoms with van der Waals surface area (Å²) in [5, 5.41) is 10.3. The Bertz CT molecular complexity index is 635. The van der Waals surface area contributed by atoms with E-state index in [1.165, 1.54) is 0 Å². The molecule has 1 aromatic carbocycles. The number of aldehydes is 1. The van der Waals surface area contributed by atoms with Gasteiger partial charge in [0.2, 0.25) is 0 Å². The Morgan fingerprint density at radius 1 is 1.40 bits per heavy atom. The smallest absolute Gasteiger partial charge is 0.153 e. The molecular weight excluding hydrogens is 252 g/mol. The number of fused-ring (bicyclic) bond motifs is 1. The predicted octanol–water partition coefficient (Wildman–Crippen LogP) is 2.25. The Kier molecular flexibility index (Phi) is 3.40. The zero-order valence-electron chi connectivity index (χ0n) is 11.5. The first kappa shape index (κ1) is 13.1. The van der Waals surface area contributed by atoms with E-state index in [4.69, 9.17) is 0 Å². The quantitative estimate of drug-likeness (QED) is 0.866. The zero-order chi connectivity index (χ0) is 14.1. The molecule has 2 aromatic rings. The van der Waals surface area contributed by atoms with Gasteiger partial charge in [0, 0.05) is 19.0 Å². The summed E-state index contributed by atoms with van der Waals surface area (Å²) in [6.45, 7) is 0.823. The molecule has 0 radical (unpaired) electrons. The number of nitrogens with zero attached hydrogens (tertiary/aromatic N) is 2. The van der Waals surface area contributed by atoms with Crippen molar-refractivity contribution >= 4 is 23.0 Å². The van der Waals surface area contributed by atoms with E-state index in [1.54, 1.807) is 0 Å². The molecule has 1 aromatic heterocycles. The molecule has 1 aliphatic rings. The van der Waals surface area contributed by atoms with Crippen LogP contribution in [0.2, 0.25) is 0 Å². The van der Waals surface area contributed by atoms with Crippen LogP contribution in [0.4, 0.5) is 5.82 Å². The summed E-state index contributed by atoms with van der Waals surface area (Å²) in [7, 11) is 1.95. The third-order valence-electron chi connectivity index (χ3n) is 3.96. The Balaban J connectivity index is 1.90. The van der Waals surface area contributed by atoms with Gasteiger partial charge in [0.15, 0.2) is 6.29 Å². The van der Waals surface area contributed by atoms with Crippen molar-refractivity contribution in [1.82, 2.24) is 4.98 Å². The molecule has 1 N–H and O–H groups in total. The molecule has 4 nitrogen and oxygen atoms in total. The molecule has 0 aliphatic heterocycles. The molecule has 0 amide bonds. The molecule has 20 heavy (non-hydrogen) atoms. The number of carbonyl (C=O) groups is 1. The Labute approximate surface area is 118 Å². The van der Waals surface area contributed by atoms with Crippen LogP contribution in [0.5, 0.6) is 0 Å². The van der Waals surface area contributed by atoms with E-state index >= 15 is 0 Å². The second kappa shape index (κ2) is 5.21. The van der Waals surface area contributed by atoms with E-state index in [9.17, 15) is 9.90 Å². The maximum atomic E-state index is 11.3. The van der Waals surface area contributed by atoms with Gasteiger partial charge in [0.25, 0.3) is 0 Å². The highest BCUT2D eigenvalue weighted by molar-refractivity contribution is 5.91. The fourth-order valence-corrected chi connectivity index (χ4v) is 2.84. The Morgan fingerprint density at radius 2 is 2.15 bits per heavy atom. The topological polar surface area (TPSA) is 53.4 Å². The van der Waals surface area contributed by atoms with E-state index in [2.05, 4.69) is 4.98 Å². The summed E-state index contributed by atoms with van der Waals surface area (Å²) in [4.78, 5) is 17.9. The first-order valence-corrected chi connectivity index (χ1v) is 6.91. The molecule has 1 aliphatic carbocycles. The average molecular weight is 270 g/mol. The van der Waals surface area contributed by atoms with E-state index in [1.807, 2.05) is 42.3 Å². The minimum Gasteiger partial charge on any atom is -0.393 e. The van der Waals surface area contributed by atoms with Crippen molar-refractivity contribution in [2.24, 2.45) is 5.92 Å². The molecule has 1 fully saturated rings. The molecule has 0 unspecified atom stereocenters. The van der Waals surface area contributed by atoms with Gasteiger partial charge in [0.1, 0.15) is 5.82 Å². The van der Waals surface area contributed by atoms with Crippen LogP contribution in [0.15, 0.2) is 30.3 Å². The van der Waals surface area contributed by atoms with Gasteiger partial charge < -0.3 is 10.0 Å². The highest BCUT2D eigenvalue weighted by Crippen LogP contribution is 2.30. The summed E-state index contributed by atoms with van der Waals surface area (Å²) in [6.07, 6.45) is 2.40. The van der Waals surface area contributed by atoms with Crippen LogP contribution >= 0.6 is 0 Å². The lowest BCUT2D eigenvalue weighted by atomic mass is 9.82. The van der Waals surface area contributed by atoms with E-state index in [0.717, 1.165) is 42.4 Å². The first-order chi connectivity index (χ1) is 9.67. The van der Waals surface area contributed by atoms with Crippen LogP contribution in [-0.2, 0) is 0 Å². The lowest BCUT2D eigenvalue weighted by Gasteiger charge is -2.35. The van der Waals surface area contributed by atoms with Crippen molar-refractivity contribution in [3.63, 3.8) is 0 Å². The number of pyridine rings is 1. The van der Waals surface area contributed by atoms with Crippen LogP contribution in [0.25, 0.3) is 10.9 Å². The van der Waals surface area contributed by atoms with Crippen LogP contribution in [-0.4, -0.2) is 36.1 Å². The fourth-order valence-electron chi connectivity index (χ4n) is 2.84. The molecule has 0 saturated heterocycles. The Hall–Kier alpha value is -1.94. The van der Waals surface area contributed by atoms with Crippen LogP contribution in [0, 0.1) is 5.92 Å². The van der Waals surface area contributed by atoms with Crippen molar-refractivity contribution in [2.45, 2.75) is 18.9 Å². The summed E-state index contributed by atoms with van der Waals surface area (Å²) in [5.41, 5.74) is 1.51. The van der Waals surface area contributed by atoms with Crippen molar-refractivity contribution in [3.8, 4) is 0 Å². The minimum atomic E-state index is -0.150. The second-order valence-electron chi connectivity index (χ2n) is 5.58. The predicted molar refractivity (Wildman–Crippen MR) is 79.1 cm³/mol. The first-order valence-electron chi connectivity index (χ1n) is 6.91. The van der Waals surface area contributed by atoms with Gasteiger partial charge in [-0.2, -0.15) is 0 Å². The van der Waals surface area contributed by atoms with Crippen molar-refractivity contribution in [2.75, 3.05) is 18.5 Å². The van der Waals surface area contributed by atoms with E-state index in [0.29, 0.717) is 11.5 Å². The highest BCUT2D eigenvalue weighted by Gasteiger charge is 2.28. The summed E-state index contributed by atoms with van der Waals surface area (Å²) < 4.78 is 0. The number of hydrogen-bond donors (Lipinski definition) is 1. The van der Waals surface area contributed by atoms with Crippen LogP contribution in [0.3, 0.4) is 0 Å². The average Bonchev–Trinajstić information content (AvgIpc) is 2.44.